The molecule has 0 bridgehead atoms. The molecule has 252 valence electrons. The van der Waals surface area contributed by atoms with Crippen molar-refractivity contribution >= 4 is 29.8 Å². The van der Waals surface area contributed by atoms with E-state index in [0.717, 1.165) is 11.1 Å². The van der Waals surface area contributed by atoms with Gasteiger partial charge in [-0.25, -0.2) is 4.79 Å². The second-order valence-corrected chi connectivity index (χ2v) is 11.7. The number of ether oxygens (including phenoxy) is 1. The van der Waals surface area contributed by atoms with Crippen LogP contribution < -0.4 is 27.4 Å². The number of hydrogen-bond acceptors (Lipinski definition) is 7. The zero-order valence-corrected chi connectivity index (χ0v) is 27.1. The van der Waals surface area contributed by atoms with Crippen molar-refractivity contribution < 1.29 is 29.0 Å². The van der Waals surface area contributed by atoms with Gasteiger partial charge in [0, 0.05) is 20.1 Å². The van der Waals surface area contributed by atoms with E-state index in [1.165, 1.54) is 11.8 Å². The van der Waals surface area contributed by atoms with Gasteiger partial charge in [-0.15, -0.1) is 0 Å². The highest BCUT2D eigenvalue weighted by Crippen LogP contribution is 2.14. The topological polar surface area (TPSA) is 201 Å². The van der Waals surface area contributed by atoms with Crippen LogP contribution in [-0.2, 0) is 32.3 Å². The maximum atomic E-state index is 13.2. The van der Waals surface area contributed by atoms with E-state index in [-0.39, 0.29) is 43.8 Å². The predicted octanol–water partition coefficient (Wildman–Crippen LogP) is 1.78. The van der Waals surface area contributed by atoms with Gasteiger partial charge in [0.2, 0.25) is 17.7 Å². The minimum atomic E-state index is -1.15. The van der Waals surface area contributed by atoms with Crippen LogP contribution in [0.3, 0.4) is 0 Å². The van der Waals surface area contributed by atoms with Crippen molar-refractivity contribution in [1.29, 1.82) is 0 Å². The molecule has 0 saturated carbocycles. The summed E-state index contributed by atoms with van der Waals surface area (Å²) in [6, 6.07) is 15.8. The van der Waals surface area contributed by atoms with Crippen LogP contribution in [0.4, 0.5) is 4.79 Å². The molecule has 2 aromatic carbocycles. The highest BCUT2D eigenvalue weighted by molar-refractivity contribution is 5.91. The van der Waals surface area contributed by atoms with E-state index < -0.39 is 42.1 Å². The molecule has 0 aliphatic heterocycles. The number of aliphatic hydroxyl groups is 1. The number of hydrogen-bond donors (Lipinski definition) is 6. The van der Waals surface area contributed by atoms with Crippen LogP contribution in [0, 0.1) is 5.92 Å². The van der Waals surface area contributed by atoms with Gasteiger partial charge < -0.3 is 42.2 Å². The molecular weight excluding hydrogens is 590 g/mol. The van der Waals surface area contributed by atoms with Gasteiger partial charge in [-0.1, -0.05) is 74.5 Å². The van der Waals surface area contributed by atoms with Crippen molar-refractivity contribution in [3.05, 3.63) is 71.8 Å². The van der Waals surface area contributed by atoms with Crippen LogP contribution >= 0.6 is 0 Å². The highest BCUT2D eigenvalue weighted by atomic mass is 16.5. The Morgan fingerprint density at radius 2 is 1.50 bits per heavy atom. The minimum absolute atomic E-state index is 0.0118. The Morgan fingerprint density at radius 1 is 0.891 bits per heavy atom. The molecule has 0 aliphatic carbocycles. The number of rotatable bonds is 18. The van der Waals surface area contributed by atoms with Gasteiger partial charge in [0.25, 0.3) is 0 Å². The van der Waals surface area contributed by atoms with Gasteiger partial charge in [-0.3, -0.25) is 19.4 Å². The molecule has 0 aromatic heterocycles. The average molecular weight is 640 g/mol. The van der Waals surface area contributed by atoms with Gasteiger partial charge >= 0.3 is 6.09 Å². The average Bonchev–Trinajstić information content (AvgIpc) is 3.01. The summed E-state index contributed by atoms with van der Waals surface area (Å²) in [5, 5.41) is 19.0. The fourth-order valence-electron chi connectivity index (χ4n) is 4.61. The number of carbonyl (C=O) groups is 4. The number of guanidine groups is 1. The molecule has 46 heavy (non-hydrogen) atoms. The number of amides is 4. The van der Waals surface area contributed by atoms with Crippen LogP contribution in [0.1, 0.15) is 57.6 Å². The summed E-state index contributed by atoms with van der Waals surface area (Å²) in [4.78, 5) is 57.3. The van der Waals surface area contributed by atoms with Crippen molar-refractivity contribution in [2.24, 2.45) is 22.4 Å². The molecule has 4 atom stereocenters. The van der Waals surface area contributed by atoms with E-state index >= 15 is 0 Å². The first kappa shape index (κ1) is 37.5. The van der Waals surface area contributed by atoms with E-state index in [1.807, 2.05) is 62.4 Å². The van der Waals surface area contributed by atoms with E-state index in [9.17, 15) is 24.3 Å². The molecule has 8 N–H and O–H groups in total. The molecule has 13 heteroatoms. The summed E-state index contributed by atoms with van der Waals surface area (Å²) < 4.78 is 5.27. The molecular formula is C33H49N7O6. The van der Waals surface area contributed by atoms with E-state index in [4.69, 9.17) is 16.2 Å². The lowest BCUT2D eigenvalue weighted by atomic mass is 9.96. The number of nitrogens with one attached hydrogen (secondary N) is 3. The van der Waals surface area contributed by atoms with Crippen LogP contribution in [0.2, 0.25) is 0 Å². The number of carbonyl (C=O) groups excluding carboxylic acids is 4. The summed E-state index contributed by atoms with van der Waals surface area (Å²) in [5.74, 6) is -1.42. The molecule has 0 radical (unpaired) electrons. The Kier molecular flexibility index (Phi) is 16.1. The first-order valence-corrected chi connectivity index (χ1v) is 15.4. The summed E-state index contributed by atoms with van der Waals surface area (Å²) >= 11 is 0. The SMILES string of the molecule is CC(C)C[C@H](NC(=O)[C@H](C)NC(=O)[C@H](CCCN=C(N)N)NC(=O)OCc1ccccc1)[C@@H](O)CC(=O)N(C)Cc1ccccc1. The number of nitrogens with two attached hydrogens (primary N) is 2. The first-order valence-electron chi connectivity index (χ1n) is 15.4. The van der Waals surface area contributed by atoms with Crippen LogP contribution in [-0.4, -0.2) is 77.6 Å². The maximum Gasteiger partial charge on any atom is 0.408 e. The van der Waals surface area contributed by atoms with Crippen LogP contribution in [0.25, 0.3) is 0 Å². The standard InChI is InChI=1S/C33H49N7O6/c1-22(2)18-27(28(41)19-29(42)40(4)20-24-12-7-5-8-13-24)38-30(43)23(3)37-31(44)26(16-11-17-36-32(34)35)39-33(45)46-21-25-14-9-6-10-15-25/h5-10,12-15,22-23,26-28,41H,11,16-21H2,1-4H3,(H,37,44)(H,38,43)(H,39,45)(H4,34,35,36)/t23-,26-,27-,28-/m0/s1. The summed E-state index contributed by atoms with van der Waals surface area (Å²) in [6.07, 6.45) is -1.19. The predicted molar refractivity (Wildman–Crippen MR) is 176 cm³/mol. The molecule has 0 unspecified atom stereocenters. The van der Waals surface area contributed by atoms with Gasteiger partial charge in [0.05, 0.1) is 18.6 Å². The molecule has 0 aliphatic rings. The number of aliphatic imine (C=N–C) groups is 1. The van der Waals surface area contributed by atoms with Crippen molar-refractivity contribution in [1.82, 2.24) is 20.9 Å². The minimum Gasteiger partial charge on any atom is -0.445 e. The van der Waals surface area contributed by atoms with Crippen LogP contribution in [0.5, 0.6) is 0 Å². The highest BCUT2D eigenvalue weighted by Gasteiger charge is 2.29. The largest absolute Gasteiger partial charge is 0.445 e. The van der Waals surface area contributed by atoms with E-state index in [1.54, 1.807) is 19.2 Å². The molecule has 2 aromatic rings. The van der Waals surface area contributed by atoms with E-state index in [2.05, 4.69) is 20.9 Å². The number of aliphatic hydroxyl groups excluding tert-OH is 1. The fraction of sp³-hybridized carbons (Fsp3) is 0.485. The summed E-state index contributed by atoms with van der Waals surface area (Å²) in [7, 11) is 1.66. The molecule has 0 saturated heterocycles. The number of alkyl carbamates (subject to hydrolysis) is 1. The third-order valence-electron chi connectivity index (χ3n) is 7.11. The Balaban J connectivity index is 2.00. The second-order valence-electron chi connectivity index (χ2n) is 11.7. The molecule has 4 amide bonds. The Hall–Kier alpha value is -4.65. The van der Waals surface area contributed by atoms with Crippen LogP contribution in [0.15, 0.2) is 65.7 Å². The van der Waals surface area contributed by atoms with Gasteiger partial charge in [0.15, 0.2) is 5.96 Å². The van der Waals surface area contributed by atoms with Gasteiger partial charge in [0.1, 0.15) is 18.7 Å². The smallest absolute Gasteiger partial charge is 0.408 e. The normalized spacial score (nSPS) is 13.4. The zero-order chi connectivity index (χ0) is 34.1. The third-order valence-corrected chi connectivity index (χ3v) is 7.11. The third kappa shape index (κ3) is 14.4. The lowest BCUT2D eigenvalue weighted by molar-refractivity contribution is -0.134. The fourth-order valence-corrected chi connectivity index (χ4v) is 4.61. The number of benzene rings is 2. The lowest BCUT2D eigenvalue weighted by Crippen LogP contribution is -2.55. The van der Waals surface area contributed by atoms with Gasteiger partial charge in [-0.05, 0) is 43.2 Å². The summed E-state index contributed by atoms with van der Waals surface area (Å²) in [5.41, 5.74) is 12.5. The molecule has 0 heterocycles. The van der Waals surface area contributed by atoms with E-state index in [0.29, 0.717) is 19.4 Å². The Bertz CT molecular complexity index is 1270. The maximum absolute atomic E-state index is 13.2. The second kappa shape index (κ2) is 19.7. The lowest BCUT2D eigenvalue weighted by Gasteiger charge is -2.28. The monoisotopic (exact) mass is 639 g/mol. The van der Waals surface area contributed by atoms with Crippen molar-refractivity contribution in [2.45, 2.75) is 83.8 Å². The quantitative estimate of drug-likeness (QED) is 0.0805. The molecule has 13 nitrogen and oxygen atoms in total. The number of nitrogens with zero attached hydrogens (tertiary/aromatic N) is 2. The Labute approximate surface area is 271 Å². The van der Waals surface area contributed by atoms with Gasteiger partial charge in [-0.2, -0.15) is 0 Å². The molecule has 0 spiro atoms. The zero-order valence-electron chi connectivity index (χ0n) is 27.1. The molecule has 2 rings (SSSR count). The Morgan fingerprint density at radius 3 is 2.09 bits per heavy atom. The summed E-state index contributed by atoms with van der Waals surface area (Å²) in [6.45, 7) is 6.01. The van der Waals surface area contributed by atoms with Crippen molar-refractivity contribution in [3.8, 4) is 0 Å². The molecule has 0 fully saturated rings. The van der Waals surface area contributed by atoms with Crippen molar-refractivity contribution in [2.75, 3.05) is 13.6 Å². The van der Waals surface area contributed by atoms with Crippen molar-refractivity contribution in [3.63, 3.8) is 0 Å². The first-order chi connectivity index (χ1) is 21.8.